The Bertz CT molecular complexity index is 441. The van der Waals surface area contributed by atoms with Crippen molar-refractivity contribution in [1.29, 1.82) is 0 Å². The van der Waals surface area contributed by atoms with Gasteiger partial charge in [-0.15, -0.1) is 12.4 Å². The minimum absolute atomic E-state index is 0. The molecule has 1 aromatic heterocycles. The van der Waals surface area contributed by atoms with Crippen molar-refractivity contribution in [3.63, 3.8) is 0 Å². The fourth-order valence-corrected chi connectivity index (χ4v) is 1.07. The highest BCUT2D eigenvalue weighted by atomic mass is 35.5. The standard InChI is InChI=1S/C8H5FN2O.ClH/c9-5-2-1-3-6-8(5)11-7(4-12)10-6;/h1-4H,(H,10,11);1H. The van der Waals surface area contributed by atoms with Gasteiger partial charge in [-0.1, -0.05) is 6.07 Å². The first-order valence-corrected chi connectivity index (χ1v) is 3.40. The first-order chi connectivity index (χ1) is 5.81. The lowest BCUT2D eigenvalue weighted by Gasteiger charge is -1.86. The van der Waals surface area contributed by atoms with Crippen LogP contribution in [0.25, 0.3) is 11.0 Å². The van der Waals surface area contributed by atoms with Crippen molar-refractivity contribution in [2.45, 2.75) is 0 Å². The number of rotatable bonds is 1. The maximum Gasteiger partial charge on any atom is 0.185 e. The molecule has 13 heavy (non-hydrogen) atoms. The van der Waals surface area contributed by atoms with E-state index in [-0.39, 0.29) is 23.7 Å². The van der Waals surface area contributed by atoms with Crippen LogP contribution in [0.15, 0.2) is 18.2 Å². The number of imidazole rings is 1. The van der Waals surface area contributed by atoms with Crippen LogP contribution in [0.5, 0.6) is 0 Å². The van der Waals surface area contributed by atoms with Crippen LogP contribution in [-0.2, 0) is 0 Å². The second-order valence-corrected chi connectivity index (χ2v) is 2.38. The van der Waals surface area contributed by atoms with Gasteiger partial charge in [-0.25, -0.2) is 9.37 Å². The minimum atomic E-state index is -0.420. The zero-order valence-corrected chi connectivity index (χ0v) is 7.27. The minimum Gasteiger partial charge on any atom is -0.336 e. The number of carbonyl (C=O) groups is 1. The van der Waals surface area contributed by atoms with E-state index < -0.39 is 5.82 Å². The Hall–Kier alpha value is -1.42. The van der Waals surface area contributed by atoms with Gasteiger partial charge in [0.2, 0.25) is 0 Å². The molecule has 0 aliphatic heterocycles. The van der Waals surface area contributed by atoms with Crippen LogP contribution in [0.2, 0.25) is 0 Å². The molecule has 1 heterocycles. The first-order valence-electron chi connectivity index (χ1n) is 3.40. The van der Waals surface area contributed by atoms with Gasteiger partial charge in [-0.2, -0.15) is 0 Å². The molecule has 0 aliphatic carbocycles. The Morgan fingerprint density at radius 1 is 1.46 bits per heavy atom. The molecule has 3 nitrogen and oxygen atoms in total. The summed E-state index contributed by atoms with van der Waals surface area (Å²) in [7, 11) is 0. The van der Waals surface area contributed by atoms with Crippen LogP contribution in [0.4, 0.5) is 4.39 Å². The van der Waals surface area contributed by atoms with E-state index in [0.29, 0.717) is 11.8 Å². The van der Waals surface area contributed by atoms with Crippen LogP contribution in [0.1, 0.15) is 10.6 Å². The fraction of sp³-hybridized carbons (Fsp3) is 0. The number of carbonyl (C=O) groups excluding carboxylic acids is 1. The van der Waals surface area contributed by atoms with E-state index in [2.05, 4.69) is 9.97 Å². The Balaban J connectivity index is 0.000000845. The average Bonchev–Trinajstić information content (AvgIpc) is 2.49. The summed E-state index contributed by atoms with van der Waals surface area (Å²) in [6.07, 6.45) is 0.555. The first kappa shape index (κ1) is 9.67. The Kier molecular flexibility index (Phi) is 2.63. The van der Waals surface area contributed by atoms with Crippen molar-refractivity contribution in [3.05, 3.63) is 29.8 Å². The van der Waals surface area contributed by atoms with Crippen molar-refractivity contribution in [2.75, 3.05) is 0 Å². The number of aromatic amines is 1. The molecule has 0 amide bonds. The molecular formula is C8H6ClFN2O. The zero-order chi connectivity index (χ0) is 8.55. The summed E-state index contributed by atoms with van der Waals surface area (Å²) in [4.78, 5) is 16.7. The molecule has 0 radical (unpaired) electrons. The lowest BCUT2D eigenvalue weighted by atomic mass is 10.3. The molecule has 0 atom stereocenters. The van der Waals surface area contributed by atoms with Crippen molar-refractivity contribution < 1.29 is 9.18 Å². The molecular weight excluding hydrogens is 195 g/mol. The van der Waals surface area contributed by atoms with E-state index in [1.54, 1.807) is 12.1 Å². The summed E-state index contributed by atoms with van der Waals surface area (Å²) >= 11 is 0. The summed E-state index contributed by atoms with van der Waals surface area (Å²) in [5.41, 5.74) is 0.747. The number of hydrogen-bond donors (Lipinski definition) is 1. The van der Waals surface area contributed by atoms with Gasteiger partial charge >= 0.3 is 0 Å². The SMILES string of the molecule is Cl.O=Cc1nc2c(F)cccc2[nH]1. The van der Waals surface area contributed by atoms with Crippen molar-refractivity contribution >= 4 is 29.7 Å². The third kappa shape index (κ3) is 1.53. The smallest absolute Gasteiger partial charge is 0.185 e. The van der Waals surface area contributed by atoms with Gasteiger partial charge in [-0.05, 0) is 12.1 Å². The molecule has 1 N–H and O–H groups in total. The van der Waals surface area contributed by atoms with Crippen LogP contribution in [0.3, 0.4) is 0 Å². The molecule has 1 aromatic carbocycles. The third-order valence-electron chi connectivity index (χ3n) is 1.59. The number of halogens is 2. The number of benzene rings is 1. The Labute approximate surface area is 79.4 Å². The molecule has 2 aromatic rings. The summed E-state index contributed by atoms with van der Waals surface area (Å²) in [5.74, 6) is -0.271. The summed E-state index contributed by atoms with van der Waals surface area (Å²) in [5, 5.41) is 0. The van der Waals surface area contributed by atoms with Gasteiger partial charge in [0.25, 0.3) is 0 Å². The molecule has 5 heteroatoms. The highest BCUT2D eigenvalue weighted by Crippen LogP contribution is 2.13. The van der Waals surface area contributed by atoms with E-state index in [4.69, 9.17) is 0 Å². The second-order valence-electron chi connectivity index (χ2n) is 2.38. The molecule has 0 unspecified atom stereocenters. The van der Waals surface area contributed by atoms with Crippen molar-refractivity contribution in [1.82, 2.24) is 9.97 Å². The van der Waals surface area contributed by atoms with Gasteiger partial charge in [0.05, 0.1) is 5.52 Å². The number of fused-ring (bicyclic) bond motifs is 1. The maximum absolute atomic E-state index is 12.9. The number of aldehydes is 1. The maximum atomic E-state index is 12.9. The molecule has 0 saturated carbocycles. The highest BCUT2D eigenvalue weighted by molar-refractivity contribution is 5.85. The lowest BCUT2D eigenvalue weighted by molar-refractivity contribution is 0.111. The normalized spacial score (nSPS) is 9.62. The van der Waals surface area contributed by atoms with Crippen molar-refractivity contribution in [3.8, 4) is 0 Å². The van der Waals surface area contributed by atoms with Crippen LogP contribution in [-0.4, -0.2) is 16.3 Å². The van der Waals surface area contributed by atoms with Crippen LogP contribution in [0, 0.1) is 5.82 Å². The molecule has 0 bridgehead atoms. The van der Waals surface area contributed by atoms with Crippen LogP contribution < -0.4 is 0 Å². The monoisotopic (exact) mass is 200 g/mol. The average molecular weight is 201 g/mol. The third-order valence-corrected chi connectivity index (χ3v) is 1.59. The number of aromatic nitrogens is 2. The fourth-order valence-electron chi connectivity index (χ4n) is 1.07. The van der Waals surface area contributed by atoms with Gasteiger partial charge in [0.15, 0.2) is 17.9 Å². The summed E-state index contributed by atoms with van der Waals surface area (Å²) in [6, 6.07) is 4.53. The Morgan fingerprint density at radius 3 is 2.85 bits per heavy atom. The molecule has 0 fully saturated rings. The summed E-state index contributed by atoms with van der Waals surface area (Å²) in [6.45, 7) is 0. The van der Waals surface area contributed by atoms with Crippen molar-refractivity contribution in [2.24, 2.45) is 0 Å². The topological polar surface area (TPSA) is 45.8 Å². The van der Waals surface area contributed by atoms with E-state index in [0.717, 1.165) is 0 Å². The molecule has 0 spiro atoms. The molecule has 2 rings (SSSR count). The van der Waals surface area contributed by atoms with Gasteiger partial charge in [0, 0.05) is 0 Å². The van der Waals surface area contributed by atoms with E-state index in [9.17, 15) is 9.18 Å². The van der Waals surface area contributed by atoms with Gasteiger partial charge in [0.1, 0.15) is 5.52 Å². The predicted octanol–water partition coefficient (Wildman–Crippen LogP) is 1.94. The number of hydrogen-bond acceptors (Lipinski definition) is 2. The van der Waals surface area contributed by atoms with Crippen LogP contribution >= 0.6 is 12.4 Å². The number of nitrogens with one attached hydrogen (secondary N) is 1. The lowest BCUT2D eigenvalue weighted by Crippen LogP contribution is -1.79. The summed E-state index contributed by atoms with van der Waals surface area (Å²) < 4.78 is 12.9. The van der Waals surface area contributed by atoms with E-state index in [1.807, 2.05) is 0 Å². The zero-order valence-electron chi connectivity index (χ0n) is 6.45. The largest absolute Gasteiger partial charge is 0.336 e. The van der Waals surface area contributed by atoms with E-state index in [1.165, 1.54) is 6.07 Å². The second kappa shape index (κ2) is 3.53. The predicted molar refractivity (Wildman–Crippen MR) is 48.7 cm³/mol. The molecule has 0 saturated heterocycles. The number of nitrogens with zero attached hydrogens (tertiary/aromatic N) is 1. The quantitative estimate of drug-likeness (QED) is 0.715. The van der Waals surface area contributed by atoms with Gasteiger partial charge < -0.3 is 4.98 Å². The van der Waals surface area contributed by atoms with E-state index >= 15 is 0 Å². The molecule has 68 valence electrons. The van der Waals surface area contributed by atoms with Gasteiger partial charge in [-0.3, -0.25) is 4.79 Å². The number of para-hydroxylation sites is 1. The number of H-pyrrole nitrogens is 1. The molecule has 0 aliphatic rings. The highest BCUT2D eigenvalue weighted by Gasteiger charge is 2.04. The Morgan fingerprint density at radius 2 is 2.23 bits per heavy atom.